The maximum atomic E-state index is 12.4. The number of amides is 2. The van der Waals surface area contributed by atoms with Gasteiger partial charge in [0.25, 0.3) is 5.56 Å². The van der Waals surface area contributed by atoms with Crippen LogP contribution in [0.25, 0.3) is 11.3 Å². The molecule has 8 nitrogen and oxygen atoms in total. The fraction of sp³-hybridized carbons (Fsp3) is 0.182. The van der Waals surface area contributed by atoms with Crippen molar-refractivity contribution in [3.8, 4) is 17.0 Å². The Balaban J connectivity index is 1.81. The van der Waals surface area contributed by atoms with Crippen LogP contribution in [0, 0.1) is 6.92 Å². The Hall–Kier alpha value is -3.65. The van der Waals surface area contributed by atoms with Gasteiger partial charge < -0.3 is 15.4 Å². The summed E-state index contributed by atoms with van der Waals surface area (Å²) in [5.41, 5.74) is 2.79. The third-order valence-corrected chi connectivity index (χ3v) is 4.73. The zero-order valence-electron chi connectivity index (χ0n) is 17.2. The van der Waals surface area contributed by atoms with Gasteiger partial charge in [-0.25, -0.2) is 4.68 Å². The Labute approximate surface area is 183 Å². The lowest BCUT2D eigenvalue weighted by molar-refractivity contribution is -0.117. The van der Waals surface area contributed by atoms with Crippen molar-refractivity contribution < 1.29 is 14.3 Å². The molecule has 0 saturated carbocycles. The van der Waals surface area contributed by atoms with Crippen LogP contribution in [0.3, 0.4) is 0 Å². The number of aryl methyl sites for hydroxylation is 1. The molecular formula is C22H21ClN4O4. The Morgan fingerprint density at radius 3 is 2.55 bits per heavy atom. The molecule has 1 aromatic heterocycles. The summed E-state index contributed by atoms with van der Waals surface area (Å²) in [7, 11) is 1.50. The third-order valence-electron chi connectivity index (χ3n) is 4.44. The second-order valence-electron chi connectivity index (χ2n) is 6.82. The molecule has 0 radical (unpaired) electrons. The number of nitrogens with one attached hydrogen (secondary N) is 2. The second kappa shape index (κ2) is 9.44. The van der Waals surface area contributed by atoms with Gasteiger partial charge in [0.1, 0.15) is 12.3 Å². The average Bonchev–Trinajstić information content (AvgIpc) is 2.71. The molecule has 2 amide bonds. The van der Waals surface area contributed by atoms with E-state index in [1.807, 2.05) is 19.1 Å². The first kappa shape index (κ1) is 22.0. The first-order valence-electron chi connectivity index (χ1n) is 9.37. The van der Waals surface area contributed by atoms with Gasteiger partial charge in [0, 0.05) is 29.9 Å². The zero-order valence-corrected chi connectivity index (χ0v) is 18.0. The molecule has 0 spiro atoms. The summed E-state index contributed by atoms with van der Waals surface area (Å²) < 4.78 is 6.16. The van der Waals surface area contributed by atoms with Crippen LogP contribution in [0.5, 0.6) is 5.75 Å². The van der Waals surface area contributed by atoms with Gasteiger partial charge in [0.05, 0.1) is 17.8 Å². The summed E-state index contributed by atoms with van der Waals surface area (Å²) in [6.45, 7) is 3.03. The summed E-state index contributed by atoms with van der Waals surface area (Å²) >= 11 is 6.07. The van der Waals surface area contributed by atoms with Crippen LogP contribution in [0.4, 0.5) is 11.4 Å². The largest absolute Gasteiger partial charge is 0.495 e. The molecule has 0 bridgehead atoms. The van der Waals surface area contributed by atoms with Crippen molar-refractivity contribution in [3.63, 3.8) is 0 Å². The molecule has 0 saturated heterocycles. The second-order valence-corrected chi connectivity index (χ2v) is 7.23. The highest BCUT2D eigenvalue weighted by atomic mass is 35.5. The van der Waals surface area contributed by atoms with Crippen LogP contribution in [-0.2, 0) is 16.1 Å². The van der Waals surface area contributed by atoms with E-state index in [-0.39, 0.29) is 12.5 Å². The van der Waals surface area contributed by atoms with Crippen LogP contribution >= 0.6 is 11.6 Å². The van der Waals surface area contributed by atoms with E-state index in [1.54, 1.807) is 30.3 Å². The van der Waals surface area contributed by atoms with E-state index < -0.39 is 11.5 Å². The number of carbonyl (C=O) groups excluding carboxylic acids is 2. The van der Waals surface area contributed by atoms with Crippen LogP contribution in [0.15, 0.2) is 53.3 Å². The number of anilines is 2. The molecule has 9 heteroatoms. The van der Waals surface area contributed by atoms with Crippen LogP contribution in [0.2, 0.25) is 5.02 Å². The number of carbonyl (C=O) groups is 2. The van der Waals surface area contributed by atoms with Gasteiger partial charge in [0.15, 0.2) is 0 Å². The average molecular weight is 441 g/mol. The lowest BCUT2D eigenvalue weighted by atomic mass is 10.1. The van der Waals surface area contributed by atoms with Gasteiger partial charge in [0.2, 0.25) is 11.8 Å². The molecule has 0 aliphatic carbocycles. The first-order chi connectivity index (χ1) is 14.8. The predicted octanol–water partition coefficient (Wildman–Crippen LogP) is 3.48. The number of aromatic nitrogens is 2. The number of hydrogen-bond donors (Lipinski definition) is 2. The van der Waals surface area contributed by atoms with Crippen molar-refractivity contribution in [2.45, 2.75) is 20.4 Å². The fourth-order valence-corrected chi connectivity index (χ4v) is 3.16. The molecule has 3 aromatic rings. The molecule has 160 valence electrons. The van der Waals surface area contributed by atoms with E-state index >= 15 is 0 Å². The summed E-state index contributed by atoms with van der Waals surface area (Å²) in [6, 6.07) is 13.2. The van der Waals surface area contributed by atoms with Crippen molar-refractivity contribution in [3.05, 3.63) is 69.5 Å². The van der Waals surface area contributed by atoms with Crippen LogP contribution in [-0.4, -0.2) is 28.7 Å². The molecule has 3 rings (SSSR count). The standard InChI is InChI=1S/C22H21ClN4O4/c1-13-4-5-15(10-19(13)24-14(2)28)18-7-9-22(30)27(26-18)12-21(29)25-16-6-8-20(31-3)17(23)11-16/h4-11H,12H2,1-3H3,(H,24,28)(H,25,29). The monoisotopic (exact) mass is 440 g/mol. The van der Waals surface area contributed by atoms with E-state index in [9.17, 15) is 14.4 Å². The van der Waals surface area contributed by atoms with Gasteiger partial charge in [-0.15, -0.1) is 0 Å². The molecule has 1 heterocycles. The smallest absolute Gasteiger partial charge is 0.267 e. The van der Waals surface area contributed by atoms with Gasteiger partial charge in [-0.2, -0.15) is 5.10 Å². The summed E-state index contributed by atoms with van der Waals surface area (Å²) in [5, 5.41) is 10.1. The summed E-state index contributed by atoms with van der Waals surface area (Å²) in [5.74, 6) is -0.133. The zero-order chi connectivity index (χ0) is 22.5. The van der Waals surface area contributed by atoms with Crippen LogP contribution in [0.1, 0.15) is 12.5 Å². The van der Waals surface area contributed by atoms with E-state index in [4.69, 9.17) is 16.3 Å². The van der Waals surface area contributed by atoms with Crippen LogP contribution < -0.4 is 20.9 Å². The minimum absolute atomic E-state index is 0.187. The van der Waals surface area contributed by atoms with Crippen molar-refractivity contribution in [1.82, 2.24) is 9.78 Å². The molecule has 0 fully saturated rings. The highest BCUT2D eigenvalue weighted by molar-refractivity contribution is 6.32. The Morgan fingerprint density at radius 2 is 1.87 bits per heavy atom. The van der Waals surface area contributed by atoms with E-state index in [0.29, 0.717) is 33.4 Å². The molecule has 0 aliphatic heterocycles. The van der Waals surface area contributed by atoms with E-state index in [1.165, 1.54) is 20.1 Å². The SMILES string of the molecule is COc1ccc(NC(=O)Cn2nc(-c3ccc(C)c(NC(C)=O)c3)ccc2=O)cc1Cl. The molecule has 31 heavy (non-hydrogen) atoms. The van der Waals surface area contributed by atoms with Crippen molar-refractivity contribution in [2.75, 3.05) is 17.7 Å². The number of benzene rings is 2. The van der Waals surface area contributed by atoms with Crippen molar-refractivity contribution >= 4 is 34.8 Å². The van der Waals surface area contributed by atoms with Crippen molar-refractivity contribution in [1.29, 1.82) is 0 Å². The number of ether oxygens (including phenoxy) is 1. The maximum Gasteiger partial charge on any atom is 0.267 e. The summed E-state index contributed by atoms with van der Waals surface area (Å²) in [6.07, 6.45) is 0. The Morgan fingerprint density at radius 1 is 1.10 bits per heavy atom. The normalized spacial score (nSPS) is 10.5. The van der Waals surface area contributed by atoms with E-state index in [2.05, 4.69) is 15.7 Å². The topological polar surface area (TPSA) is 102 Å². The fourth-order valence-electron chi connectivity index (χ4n) is 2.90. The lowest BCUT2D eigenvalue weighted by Gasteiger charge is -2.11. The van der Waals surface area contributed by atoms with Crippen molar-refractivity contribution in [2.24, 2.45) is 0 Å². The number of nitrogens with zero attached hydrogens (tertiary/aromatic N) is 2. The third kappa shape index (κ3) is 5.49. The molecule has 0 atom stereocenters. The highest BCUT2D eigenvalue weighted by Crippen LogP contribution is 2.27. The molecular weight excluding hydrogens is 420 g/mol. The van der Waals surface area contributed by atoms with Gasteiger partial charge >= 0.3 is 0 Å². The van der Waals surface area contributed by atoms with E-state index in [0.717, 1.165) is 10.2 Å². The number of rotatable bonds is 6. The minimum Gasteiger partial charge on any atom is -0.495 e. The lowest BCUT2D eigenvalue weighted by Crippen LogP contribution is -2.29. The maximum absolute atomic E-state index is 12.4. The van der Waals surface area contributed by atoms with Gasteiger partial charge in [-0.1, -0.05) is 23.7 Å². The van der Waals surface area contributed by atoms with Gasteiger partial charge in [-0.3, -0.25) is 14.4 Å². The predicted molar refractivity (Wildman–Crippen MR) is 120 cm³/mol. The number of methoxy groups -OCH3 is 1. The Kier molecular flexibility index (Phi) is 6.71. The molecule has 0 aliphatic rings. The molecule has 2 N–H and O–H groups in total. The highest BCUT2D eigenvalue weighted by Gasteiger charge is 2.11. The summed E-state index contributed by atoms with van der Waals surface area (Å²) in [4.78, 5) is 36.1. The quantitative estimate of drug-likeness (QED) is 0.611. The minimum atomic E-state index is -0.434. The first-order valence-corrected chi connectivity index (χ1v) is 9.75. The van der Waals surface area contributed by atoms with Gasteiger partial charge in [-0.05, 0) is 42.8 Å². The Bertz CT molecular complexity index is 1210. The molecule has 2 aromatic carbocycles. The number of hydrogen-bond acceptors (Lipinski definition) is 5. The number of halogens is 1. The molecule has 0 unspecified atom stereocenters.